The highest BCUT2D eigenvalue weighted by Crippen LogP contribution is 2.27. The summed E-state index contributed by atoms with van der Waals surface area (Å²) in [4.78, 5) is 32.0. The fourth-order valence-corrected chi connectivity index (χ4v) is 5.93. The van der Waals surface area contributed by atoms with E-state index in [0.717, 1.165) is 104 Å². The highest BCUT2D eigenvalue weighted by Gasteiger charge is 2.09. The molecule has 10 heteroatoms. The van der Waals surface area contributed by atoms with Crippen LogP contribution in [0.4, 0.5) is 0 Å². The van der Waals surface area contributed by atoms with E-state index < -0.39 is 0 Å². The van der Waals surface area contributed by atoms with Crippen molar-refractivity contribution < 1.29 is 10.2 Å². The molecule has 10 nitrogen and oxygen atoms in total. The number of aromatic amines is 4. The van der Waals surface area contributed by atoms with Gasteiger partial charge in [-0.3, -0.25) is 0 Å². The molecule has 0 fully saturated rings. The maximum Gasteiger partial charge on any atom is 0.138 e. The molecule has 0 atom stereocenters. The number of imidazole rings is 4. The molecule has 0 aliphatic heterocycles. The van der Waals surface area contributed by atoms with Crippen LogP contribution in [0.5, 0.6) is 0 Å². The van der Waals surface area contributed by atoms with Crippen molar-refractivity contribution in [2.45, 2.75) is 0 Å². The molecule has 0 spiro atoms. The number of rotatable bonds is 4. The first-order valence-electron chi connectivity index (χ1n) is 16.6. The lowest BCUT2D eigenvalue weighted by Gasteiger charge is -1.99. The average molecular weight is 685 g/mol. The molecule has 0 saturated heterocycles. The quantitative estimate of drug-likeness (QED) is 0.109. The van der Waals surface area contributed by atoms with Crippen LogP contribution in [-0.2, 0) is 0 Å². The summed E-state index contributed by atoms with van der Waals surface area (Å²) in [6.07, 6.45) is 0. The van der Waals surface area contributed by atoms with Gasteiger partial charge in [-0.15, -0.1) is 0 Å². The monoisotopic (exact) mass is 684 g/mol. The summed E-state index contributed by atoms with van der Waals surface area (Å²) in [7, 11) is 2.00. The topological polar surface area (TPSA) is 155 Å². The second-order valence-electron chi connectivity index (χ2n) is 11.6. The van der Waals surface area contributed by atoms with Crippen molar-refractivity contribution in [2.24, 2.45) is 0 Å². The summed E-state index contributed by atoms with van der Waals surface area (Å²) in [6.45, 7) is 0. The summed E-state index contributed by atoms with van der Waals surface area (Å²) in [5, 5.41) is 14.0. The molecule has 0 amide bonds. The smallest absolute Gasteiger partial charge is 0.138 e. The Morgan fingerprint density at radius 1 is 0.288 bits per heavy atom. The normalized spacial score (nSPS) is 10.7. The standard InChI is InChI=1S/2C20H14N4.2CH4O/c2*1-2-6-16-15(5-1)21-19(22-16)13-9-11-14(12-10-13)20-23-17-7-3-4-8-18(17)24-20;2*1-2/h2*1-12H,(H,21,22)(H,23,24);2*2H,1H3. The van der Waals surface area contributed by atoms with Crippen LogP contribution in [-0.4, -0.2) is 64.3 Å². The predicted molar refractivity (Wildman–Crippen MR) is 210 cm³/mol. The van der Waals surface area contributed by atoms with Crippen molar-refractivity contribution in [3.63, 3.8) is 0 Å². The summed E-state index contributed by atoms with van der Waals surface area (Å²) in [5.74, 6) is 3.53. The lowest BCUT2D eigenvalue weighted by Crippen LogP contribution is -1.83. The van der Waals surface area contributed by atoms with E-state index in [0.29, 0.717) is 0 Å². The Hall–Kier alpha value is -6.88. The van der Waals surface area contributed by atoms with Crippen LogP contribution < -0.4 is 0 Å². The third-order valence-corrected chi connectivity index (χ3v) is 8.42. The third-order valence-electron chi connectivity index (χ3n) is 8.42. The first kappa shape index (κ1) is 33.6. The highest BCUT2D eigenvalue weighted by atomic mass is 16.2. The van der Waals surface area contributed by atoms with E-state index in [1.165, 1.54) is 0 Å². The number of benzene rings is 6. The van der Waals surface area contributed by atoms with Gasteiger partial charge in [0.05, 0.1) is 44.1 Å². The molecule has 256 valence electrons. The van der Waals surface area contributed by atoms with Crippen molar-refractivity contribution in [3.8, 4) is 45.6 Å². The van der Waals surface area contributed by atoms with Gasteiger partial charge in [-0.2, -0.15) is 0 Å². The summed E-state index contributed by atoms with van der Waals surface area (Å²) in [5.41, 5.74) is 12.4. The number of fused-ring (bicyclic) bond motifs is 4. The van der Waals surface area contributed by atoms with Crippen LogP contribution in [0.2, 0.25) is 0 Å². The minimum absolute atomic E-state index is 0.882. The number of para-hydroxylation sites is 8. The van der Waals surface area contributed by atoms with Crippen LogP contribution in [0.15, 0.2) is 146 Å². The fraction of sp³-hybridized carbons (Fsp3) is 0.0476. The van der Waals surface area contributed by atoms with E-state index in [9.17, 15) is 0 Å². The van der Waals surface area contributed by atoms with Gasteiger partial charge in [0.2, 0.25) is 0 Å². The number of hydrogen-bond donors (Lipinski definition) is 6. The molecule has 6 aromatic carbocycles. The number of nitrogens with zero attached hydrogens (tertiary/aromatic N) is 4. The van der Waals surface area contributed by atoms with E-state index in [2.05, 4.69) is 88.4 Å². The lowest BCUT2D eigenvalue weighted by atomic mass is 10.1. The van der Waals surface area contributed by atoms with Crippen molar-refractivity contribution in [3.05, 3.63) is 146 Å². The second-order valence-corrected chi connectivity index (χ2v) is 11.6. The molecule has 0 radical (unpaired) electrons. The largest absolute Gasteiger partial charge is 0.400 e. The molecule has 6 N–H and O–H groups in total. The average Bonchev–Trinajstić information content (AvgIpc) is 4.04. The summed E-state index contributed by atoms with van der Waals surface area (Å²) >= 11 is 0. The second kappa shape index (κ2) is 15.3. The van der Waals surface area contributed by atoms with E-state index in [-0.39, 0.29) is 0 Å². The van der Waals surface area contributed by atoms with E-state index in [1.807, 2.05) is 97.1 Å². The highest BCUT2D eigenvalue weighted by molar-refractivity contribution is 5.83. The number of hydrogen-bond acceptors (Lipinski definition) is 6. The molecule has 52 heavy (non-hydrogen) atoms. The Kier molecular flexibility index (Phi) is 9.92. The molecular formula is C42H36N8O2. The summed E-state index contributed by atoms with van der Waals surface area (Å²) in [6, 6.07) is 48.8. The van der Waals surface area contributed by atoms with Crippen molar-refractivity contribution in [1.29, 1.82) is 0 Å². The van der Waals surface area contributed by atoms with Crippen molar-refractivity contribution >= 4 is 44.1 Å². The first-order valence-corrected chi connectivity index (χ1v) is 16.6. The number of aliphatic hydroxyl groups excluding tert-OH is 2. The van der Waals surface area contributed by atoms with Gasteiger partial charge < -0.3 is 30.1 Å². The molecule has 0 unspecified atom stereocenters. The van der Waals surface area contributed by atoms with E-state index >= 15 is 0 Å². The van der Waals surface area contributed by atoms with Gasteiger partial charge in [-0.1, -0.05) is 97.1 Å². The zero-order valence-electron chi connectivity index (χ0n) is 28.5. The Balaban J connectivity index is 0.000000148. The lowest BCUT2D eigenvalue weighted by molar-refractivity contribution is 0.399. The number of aliphatic hydroxyl groups is 2. The predicted octanol–water partition coefficient (Wildman–Crippen LogP) is 8.76. The van der Waals surface area contributed by atoms with Gasteiger partial charge in [0.15, 0.2) is 0 Å². The van der Waals surface area contributed by atoms with Gasteiger partial charge in [0.25, 0.3) is 0 Å². The zero-order valence-corrected chi connectivity index (χ0v) is 28.5. The number of H-pyrrole nitrogens is 4. The fourth-order valence-electron chi connectivity index (χ4n) is 5.93. The van der Waals surface area contributed by atoms with Gasteiger partial charge >= 0.3 is 0 Å². The number of aromatic nitrogens is 8. The van der Waals surface area contributed by atoms with Gasteiger partial charge in [-0.25, -0.2) is 19.9 Å². The van der Waals surface area contributed by atoms with Crippen LogP contribution in [0, 0.1) is 0 Å². The SMILES string of the molecule is CO.CO.c1ccc2[nH]c(-c3ccc(-c4nc5ccccc5[nH]4)cc3)nc2c1.c1ccc2[nH]c(-c3ccc(-c4nc5ccccc5[nH]4)cc3)nc2c1. The van der Waals surface area contributed by atoms with Crippen molar-refractivity contribution in [2.75, 3.05) is 14.2 Å². The Bertz CT molecular complexity index is 2180. The molecule has 0 saturated carbocycles. The van der Waals surface area contributed by atoms with E-state index in [1.54, 1.807) is 0 Å². The van der Waals surface area contributed by atoms with Gasteiger partial charge in [-0.05, 0) is 48.5 Å². The molecule has 0 bridgehead atoms. The Morgan fingerprint density at radius 2 is 0.481 bits per heavy atom. The molecule has 0 aliphatic rings. The maximum atomic E-state index is 7.00. The molecule has 4 heterocycles. The van der Waals surface area contributed by atoms with Crippen LogP contribution in [0.1, 0.15) is 0 Å². The third kappa shape index (κ3) is 6.92. The van der Waals surface area contributed by atoms with Gasteiger partial charge in [0, 0.05) is 36.5 Å². The van der Waals surface area contributed by atoms with Crippen molar-refractivity contribution in [1.82, 2.24) is 39.9 Å². The first-order chi connectivity index (χ1) is 25.7. The van der Waals surface area contributed by atoms with Crippen LogP contribution in [0.3, 0.4) is 0 Å². The Labute approximate surface area is 298 Å². The molecule has 0 aliphatic carbocycles. The van der Waals surface area contributed by atoms with E-state index in [4.69, 9.17) is 10.2 Å². The van der Waals surface area contributed by atoms with Gasteiger partial charge in [0.1, 0.15) is 23.3 Å². The molecular weight excluding hydrogens is 649 g/mol. The number of nitrogens with one attached hydrogen (secondary N) is 4. The Morgan fingerprint density at radius 3 is 0.673 bits per heavy atom. The summed E-state index contributed by atoms with van der Waals surface area (Å²) < 4.78 is 0. The van der Waals surface area contributed by atoms with Crippen LogP contribution in [0.25, 0.3) is 89.7 Å². The molecule has 10 rings (SSSR count). The van der Waals surface area contributed by atoms with Crippen LogP contribution >= 0.6 is 0 Å². The zero-order chi connectivity index (χ0) is 35.9. The minimum atomic E-state index is 0.882. The molecule has 10 aromatic rings. The minimum Gasteiger partial charge on any atom is -0.400 e. The maximum absolute atomic E-state index is 7.00. The molecule has 4 aromatic heterocycles.